The summed E-state index contributed by atoms with van der Waals surface area (Å²) in [6, 6.07) is -1.02. The van der Waals surface area contributed by atoms with Gasteiger partial charge in [-0.2, -0.15) is 0 Å². The van der Waals surface area contributed by atoms with E-state index in [9.17, 15) is 24.9 Å². The standard InChI is InChI=1S/C73H146N4O5/c1-6-10-14-18-22-26-30-34-38-42-46-54-66(5)62-76(63-67(78)55-47-43-39-35-31-27-23-19-15-11-7-2)60-52-50-58-70-72(81)75-71(73(82)74-70)59-51-53-61-77(64-68(79)56-48-44-40-36-32-28-24-20-16-12-8-3)65-69(80)57-49-45-41-37-33-29-25-21-17-13-9-4/h66-71,78-80H,6-65H2,1-5H3,(H,74,82)(H,75,81). The number of hydrogen-bond acceptors (Lipinski definition) is 7. The average Bonchev–Trinajstić information content (AvgIpc) is 3.47. The highest BCUT2D eigenvalue weighted by molar-refractivity contribution is 5.96. The Hall–Kier alpha value is -1.26. The van der Waals surface area contributed by atoms with E-state index in [2.05, 4.69) is 55.1 Å². The van der Waals surface area contributed by atoms with Crippen LogP contribution in [0.1, 0.15) is 381 Å². The summed E-state index contributed by atoms with van der Waals surface area (Å²) in [5.41, 5.74) is 0. The Bertz CT molecular complexity index is 1170. The highest BCUT2D eigenvalue weighted by Gasteiger charge is 2.33. The number of carbonyl (C=O) groups excluding carboxylic acids is 2. The highest BCUT2D eigenvalue weighted by Crippen LogP contribution is 2.21. The van der Waals surface area contributed by atoms with Crippen LogP contribution >= 0.6 is 0 Å². The van der Waals surface area contributed by atoms with E-state index in [1.807, 2.05) is 0 Å². The monoisotopic (exact) mass is 1160 g/mol. The third-order valence-electron chi connectivity index (χ3n) is 18.4. The minimum atomic E-state index is -0.519. The van der Waals surface area contributed by atoms with E-state index in [4.69, 9.17) is 0 Å². The van der Waals surface area contributed by atoms with Gasteiger partial charge >= 0.3 is 0 Å². The third-order valence-corrected chi connectivity index (χ3v) is 18.4. The lowest BCUT2D eigenvalue weighted by molar-refractivity contribution is -0.137. The first kappa shape index (κ1) is 78.8. The number of carbonyl (C=O) groups is 2. The number of amides is 2. The van der Waals surface area contributed by atoms with Crippen molar-refractivity contribution in [1.29, 1.82) is 0 Å². The fourth-order valence-corrected chi connectivity index (χ4v) is 13.0. The Labute approximate surface area is 511 Å². The van der Waals surface area contributed by atoms with E-state index in [-0.39, 0.29) is 17.9 Å². The maximum Gasteiger partial charge on any atom is 0.243 e. The highest BCUT2D eigenvalue weighted by atomic mass is 16.3. The van der Waals surface area contributed by atoms with Crippen LogP contribution in [0.3, 0.4) is 0 Å². The van der Waals surface area contributed by atoms with Crippen LogP contribution in [0.5, 0.6) is 0 Å². The number of hydrogen-bond donors (Lipinski definition) is 5. The lowest BCUT2D eigenvalue weighted by atomic mass is 9.99. The van der Waals surface area contributed by atoms with E-state index >= 15 is 0 Å². The Kier molecular flexibility index (Phi) is 57.7. The predicted octanol–water partition coefficient (Wildman–Crippen LogP) is 19.4. The molecule has 1 fully saturated rings. The molecule has 0 aliphatic carbocycles. The maximum absolute atomic E-state index is 13.4. The summed E-state index contributed by atoms with van der Waals surface area (Å²) in [5, 5.41) is 39.9. The molecule has 0 aromatic carbocycles. The summed E-state index contributed by atoms with van der Waals surface area (Å²) in [5.74, 6) is 0.444. The molecule has 9 nitrogen and oxygen atoms in total. The van der Waals surface area contributed by atoms with Gasteiger partial charge in [-0.25, -0.2) is 0 Å². The van der Waals surface area contributed by atoms with Crippen molar-refractivity contribution in [2.24, 2.45) is 5.92 Å². The van der Waals surface area contributed by atoms with E-state index in [0.717, 1.165) is 90.4 Å². The Balaban J connectivity index is 2.62. The molecule has 0 bridgehead atoms. The van der Waals surface area contributed by atoms with E-state index < -0.39 is 24.3 Å². The Morgan fingerprint density at radius 2 is 0.524 bits per heavy atom. The van der Waals surface area contributed by atoms with Gasteiger partial charge in [-0.15, -0.1) is 0 Å². The Morgan fingerprint density at radius 1 is 0.305 bits per heavy atom. The summed E-state index contributed by atoms with van der Waals surface area (Å²) in [6.07, 6.45) is 65.3. The van der Waals surface area contributed by atoms with Crippen molar-refractivity contribution in [3.05, 3.63) is 0 Å². The van der Waals surface area contributed by atoms with E-state index in [0.29, 0.717) is 31.8 Å². The van der Waals surface area contributed by atoms with E-state index in [1.54, 1.807) is 0 Å². The molecule has 1 aliphatic rings. The van der Waals surface area contributed by atoms with Crippen LogP contribution in [0, 0.1) is 5.92 Å². The molecule has 0 radical (unpaired) electrons. The molecule has 1 heterocycles. The number of nitrogens with one attached hydrogen (secondary N) is 2. The van der Waals surface area contributed by atoms with E-state index in [1.165, 1.54) is 270 Å². The number of piperazine rings is 1. The lowest BCUT2D eigenvalue weighted by Crippen LogP contribution is -2.61. The normalized spacial score (nSPS) is 16.3. The zero-order valence-electron chi connectivity index (χ0n) is 55.9. The Morgan fingerprint density at radius 3 is 0.780 bits per heavy atom. The first-order chi connectivity index (χ1) is 40.1. The molecule has 9 heteroatoms. The van der Waals surface area contributed by atoms with Crippen LogP contribution in [0.15, 0.2) is 0 Å². The molecular formula is C73H146N4O5. The van der Waals surface area contributed by atoms with Crippen LogP contribution in [0.2, 0.25) is 0 Å². The molecule has 1 aliphatic heterocycles. The van der Waals surface area contributed by atoms with Gasteiger partial charge in [0.1, 0.15) is 12.1 Å². The molecule has 488 valence electrons. The quantitative estimate of drug-likeness (QED) is 0.0384. The maximum atomic E-state index is 13.4. The summed E-state index contributed by atoms with van der Waals surface area (Å²) >= 11 is 0. The molecule has 5 N–H and O–H groups in total. The molecule has 0 saturated carbocycles. The van der Waals surface area contributed by atoms with Crippen LogP contribution < -0.4 is 10.6 Å². The average molecular weight is 1160 g/mol. The van der Waals surface area contributed by atoms with Gasteiger partial charge in [0.05, 0.1) is 18.3 Å². The summed E-state index contributed by atoms with van der Waals surface area (Å²) < 4.78 is 0. The first-order valence-electron chi connectivity index (χ1n) is 37.2. The molecule has 2 amide bonds. The summed E-state index contributed by atoms with van der Waals surface area (Å²) in [4.78, 5) is 31.7. The number of unbranched alkanes of at least 4 members (excludes halogenated alkanes) is 42. The van der Waals surface area contributed by atoms with Gasteiger partial charge in [0, 0.05) is 26.2 Å². The molecule has 1 saturated heterocycles. The molecule has 0 spiro atoms. The number of aliphatic hydroxyl groups is 3. The van der Waals surface area contributed by atoms with Gasteiger partial charge in [-0.3, -0.25) is 14.5 Å². The van der Waals surface area contributed by atoms with Crippen molar-refractivity contribution >= 4 is 11.8 Å². The second-order valence-corrected chi connectivity index (χ2v) is 27.0. The number of aliphatic hydroxyl groups excluding tert-OH is 3. The zero-order valence-corrected chi connectivity index (χ0v) is 55.9. The first-order valence-corrected chi connectivity index (χ1v) is 37.2. The SMILES string of the molecule is CCCCCCCCCCCCCC(C)CN(CCCCC1NC(=O)C(CCCCN(CC(O)CCCCCCCCCCCCC)CC(O)CCCCCCCCCCCCC)NC1=O)CC(O)CCCCCCCCCCCCC. The van der Waals surface area contributed by atoms with Crippen LogP contribution in [0.25, 0.3) is 0 Å². The minimum Gasteiger partial charge on any atom is -0.392 e. The molecule has 0 aromatic rings. The fraction of sp³-hybridized carbons (Fsp3) is 0.973. The molecule has 1 rings (SSSR count). The van der Waals surface area contributed by atoms with Gasteiger partial charge in [0.25, 0.3) is 0 Å². The van der Waals surface area contributed by atoms with Crippen LogP contribution in [-0.2, 0) is 9.59 Å². The van der Waals surface area contributed by atoms with Gasteiger partial charge in [0.15, 0.2) is 0 Å². The van der Waals surface area contributed by atoms with Crippen molar-refractivity contribution in [2.75, 3.05) is 39.3 Å². The smallest absolute Gasteiger partial charge is 0.243 e. The minimum absolute atomic E-state index is 0.0675. The summed E-state index contributed by atoms with van der Waals surface area (Å²) in [7, 11) is 0. The molecule has 82 heavy (non-hydrogen) atoms. The van der Waals surface area contributed by atoms with Crippen molar-refractivity contribution in [2.45, 2.75) is 412 Å². The largest absolute Gasteiger partial charge is 0.392 e. The van der Waals surface area contributed by atoms with Crippen molar-refractivity contribution in [1.82, 2.24) is 20.4 Å². The van der Waals surface area contributed by atoms with Gasteiger partial charge in [-0.05, 0) is 83.2 Å². The molecule has 6 atom stereocenters. The third kappa shape index (κ3) is 50.8. The number of nitrogens with zero attached hydrogens (tertiary/aromatic N) is 2. The topological polar surface area (TPSA) is 125 Å². The van der Waals surface area contributed by atoms with Crippen molar-refractivity contribution in [3.63, 3.8) is 0 Å². The molecule has 6 unspecified atom stereocenters. The lowest BCUT2D eigenvalue weighted by Gasteiger charge is -2.31. The second kappa shape index (κ2) is 60.0. The van der Waals surface area contributed by atoms with Crippen molar-refractivity contribution < 1.29 is 24.9 Å². The predicted molar refractivity (Wildman–Crippen MR) is 356 cm³/mol. The molecular weight excluding hydrogens is 1010 g/mol. The zero-order chi connectivity index (χ0) is 59.6. The van der Waals surface area contributed by atoms with Gasteiger partial charge in [-0.1, -0.05) is 317 Å². The summed E-state index contributed by atoms with van der Waals surface area (Å²) in [6.45, 7) is 16.1. The van der Waals surface area contributed by atoms with Crippen LogP contribution in [-0.4, -0.2) is 107 Å². The van der Waals surface area contributed by atoms with Crippen LogP contribution in [0.4, 0.5) is 0 Å². The van der Waals surface area contributed by atoms with Gasteiger partial charge in [0.2, 0.25) is 11.8 Å². The van der Waals surface area contributed by atoms with Gasteiger partial charge < -0.3 is 30.9 Å². The fourth-order valence-electron chi connectivity index (χ4n) is 13.0. The number of rotatable bonds is 66. The van der Waals surface area contributed by atoms with Crippen molar-refractivity contribution in [3.8, 4) is 0 Å². The second-order valence-electron chi connectivity index (χ2n) is 27.0. The molecule has 0 aromatic heterocycles.